The van der Waals surface area contributed by atoms with Crippen LogP contribution in [0.25, 0.3) is 0 Å². The number of carbonyl (C=O) groups excluding carboxylic acids is 1. The Kier molecular flexibility index (Phi) is 5.14. The highest BCUT2D eigenvalue weighted by atomic mass is 16.1. The normalized spacial score (nSPS) is 15.1. The summed E-state index contributed by atoms with van der Waals surface area (Å²) in [4.78, 5) is 16.7. The minimum Gasteiger partial charge on any atom is -0.381 e. The summed E-state index contributed by atoms with van der Waals surface area (Å²) in [7, 11) is 0. The van der Waals surface area contributed by atoms with E-state index >= 15 is 0 Å². The molecule has 0 radical (unpaired) electrons. The number of aryl methyl sites for hydroxylation is 2. The molecule has 0 spiro atoms. The molecule has 4 nitrogen and oxygen atoms in total. The van der Waals surface area contributed by atoms with E-state index in [2.05, 4.69) is 15.6 Å². The lowest BCUT2D eigenvalue weighted by Gasteiger charge is -2.23. The van der Waals surface area contributed by atoms with Gasteiger partial charge in [0, 0.05) is 11.7 Å². The van der Waals surface area contributed by atoms with Gasteiger partial charge in [-0.3, -0.25) is 4.79 Å². The van der Waals surface area contributed by atoms with Gasteiger partial charge in [-0.25, -0.2) is 4.98 Å². The van der Waals surface area contributed by atoms with Crippen molar-refractivity contribution in [2.45, 2.75) is 52.0 Å². The molecule has 4 heteroatoms. The number of anilines is 2. The van der Waals surface area contributed by atoms with Crippen LogP contribution in [-0.2, 0) is 0 Å². The number of rotatable bonds is 4. The Labute approximate surface area is 143 Å². The number of hydrogen-bond donors (Lipinski definition) is 2. The Hall–Kier alpha value is -2.36. The monoisotopic (exact) mass is 323 g/mol. The molecular formula is C20H25N3O. The van der Waals surface area contributed by atoms with E-state index in [0.29, 0.717) is 11.7 Å². The molecule has 0 aliphatic heterocycles. The second-order valence-electron chi connectivity index (χ2n) is 6.68. The Morgan fingerprint density at radius 1 is 1.08 bits per heavy atom. The van der Waals surface area contributed by atoms with Gasteiger partial charge in [-0.2, -0.15) is 0 Å². The van der Waals surface area contributed by atoms with Gasteiger partial charge < -0.3 is 10.6 Å². The van der Waals surface area contributed by atoms with E-state index in [-0.39, 0.29) is 5.91 Å². The lowest BCUT2D eigenvalue weighted by Crippen LogP contribution is -2.22. The average Bonchev–Trinajstić information content (AvgIpc) is 2.60. The number of amides is 1. The number of hydrogen-bond acceptors (Lipinski definition) is 3. The van der Waals surface area contributed by atoms with Crippen LogP contribution in [0.4, 0.5) is 11.4 Å². The predicted octanol–water partition coefficient (Wildman–Crippen LogP) is 4.70. The van der Waals surface area contributed by atoms with Crippen molar-refractivity contribution in [3.63, 3.8) is 0 Å². The van der Waals surface area contributed by atoms with Crippen LogP contribution in [-0.4, -0.2) is 16.9 Å². The summed E-state index contributed by atoms with van der Waals surface area (Å²) >= 11 is 0. The van der Waals surface area contributed by atoms with Crippen LogP contribution in [0.2, 0.25) is 0 Å². The van der Waals surface area contributed by atoms with Crippen molar-refractivity contribution in [2.24, 2.45) is 0 Å². The van der Waals surface area contributed by atoms with E-state index < -0.39 is 0 Å². The van der Waals surface area contributed by atoms with Crippen molar-refractivity contribution in [1.82, 2.24) is 4.98 Å². The predicted molar refractivity (Wildman–Crippen MR) is 98.6 cm³/mol. The molecule has 3 rings (SSSR count). The first-order valence-electron chi connectivity index (χ1n) is 8.73. The van der Waals surface area contributed by atoms with Crippen molar-refractivity contribution in [3.05, 3.63) is 53.3 Å². The zero-order valence-corrected chi connectivity index (χ0v) is 14.4. The molecule has 126 valence electrons. The van der Waals surface area contributed by atoms with Crippen LogP contribution >= 0.6 is 0 Å². The van der Waals surface area contributed by atoms with Crippen LogP contribution < -0.4 is 10.6 Å². The number of nitrogens with zero attached hydrogens (tertiary/aromatic N) is 1. The second kappa shape index (κ2) is 7.47. The molecule has 0 unspecified atom stereocenters. The fraction of sp³-hybridized carbons (Fsp3) is 0.400. The first-order chi connectivity index (χ1) is 11.6. The molecule has 24 heavy (non-hydrogen) atoms. The summed E-state index contributed by atoms with van der Waals surface area (Å²) in [5.41, 5.74) is 4.43. The molecule has 1 saturated carbocycles. The Bertz CT molecular complexity index is 703. The van der Waals surface area contributed by atoms with Gasteiger partial charge in [0.2, 0.25) is 0 Å². The van der Waals surface area contributed by atoms with Gasteiger partial charge in [0.25, 0.3) is 5.91 Å². The first-order valence-corrected chi connectivity index (χ1v) is 8.73. The smallest absolute Gasteiger partial charge is 0.274 e. The largest absolute Gasteiger partial charge is 0.381 e. The van der Waals surface area contributed by atoms with Gasteiger partial charge in [-0.05, 0) is 56.0 Å². The molecule has 1 aliphatic carbocycles. The van der Waals surface area contributed by atoms with Gasteiger partial charge in [-0.15, -0.1) is 0 Å². The average molecular weight is 323 g/mol. The zero-order valence-electron chi connectivity index (χ0n) is 14.4. The number of carbonyl (C=O) groups is 1. The molecule has 2 N–H and O–H groups in total. The number of nitrogens with one attached hydrogen (secondary N) is 2. The molecule has 2 aromatic rings. The first kappa shape index (κ1) is 16.5. The standard InChI is InChI=1S/C20H25N3O/c1-14-8-9-15(2)19(12-14)23-20(24)18-11-10-17(13-21-18)22-16-6-4-3-5-7-16/h8-13,16,22H,3-7H2,1-2H3,(H,23,24). The third-order valence-electron chi connectivity index (χ3n) is 4.61. The molecule has 1 aromatic carbocycles. The maximum Gasteiger partial charge on any atom is 0.274 e. The highest BCUT2D eigenvalue weighted by Crippen LogP contribution is 2.22. The highest BCUT2D eigenvalue weighted by Gasteiger charge is 2.14. The fourth-order valence-corrected chi connectivity index (χ4v) is 3.15. The van der Waals surface area contributed by atoms with Crippen LogP contribution in [0.1, 0.15) is 53.7 Å². The molecule has 0 bridgehead atoms. The van der Waals surface area contributed by atoms with Crippen molar-refractivity contribution in [2.75, 3.05) is 10.6 Å². The van der Waals surface area contributed by atoms with E-state index in [1.54, 1.807) is 12.3 Å². The van der Waals surface area contributed by atoms with Gasteiger partial charge in [-0.1, -0.05) is 31.4 Å². The van der Waals surface area contributed by atoms with E-state index in [0.717, 1.165) is 22.5 Å². The minimum atomic E-state index is -0.173. The SMILES string of the molecule is Cc1ccc(C)c(NC(=O)c2ccc(NC3CCCCC3)cn2)c1. The van der Waals surface area contributed by atoms with Crippen molar-refractivity contribution in [1.29, 1.82) is 0 Å². The number of benzene rings is 1. The molecule has 1 aromatic heterocycles. The maximum atomic E-state index is 12.4. The summed E-state index contributed by atoms with van der Waals surface area (Å²) in [5, 5.41) is 6.47. The molecule has 1 aliphatic rings. The van der Waals surface area contributed by atoms with Crippen molar-refractivity contribution in [3.8, 4) is 0 Å². The quantitative estimate of drug-likeness (QED) is 0.858. The summed E-state index contributed by atoms with van der Waals surface area (Å²) < 4.78 is 0. The molecule has 1 fully saturated rings. The van der Waals surface area contributed by atoms with Gasteiger partial charge >= 0.3 is 0 Å². The summed E-state index contributed by atoms with van der Waals surface area (Å²) in [6, 6.07) is 10.3. The van der Waals surface area contributed by atoms with E-state index in [9.17, 15) is 4.79 Å². The third kappa shape index (κ3) is 4.13. The van der Waals surface area contributed by atoms with E-state index in [4.69, 9.17) is 0 Å². The van der Waals surface area contributed by atoms with E-state index in [1.165, 1.54) is 32.1 Å². The molecule has 0 atom stereocenters. The summed E-state index contributed by atoms with van der Waals surface area (Å²) in [6.07, 6.45) is 8.12. The topological polar surface area (TPSA) is 54.0 Å². The maximum absolute atomic E-state index is 12.4. The Morgan fingerprint density at radius 2 is 1.88 bits per heavy atom. The van der Waals surface area contributed by atoms with Crippen LogP contribution in [0, 0.1) is 13.8 Å². The second-order valence-corrected chi connectivity index (χ2v) is 6.68. The highest BCUT2D eigenvalue weighted by molar-refractivity contribution is 6.03. The summed E-state index contributed by atoms with van der Waals surface area (Å²) in [5.74, 6) is -0.173. The van der Waals surface area contributed by atoms with Crippen LogP contribution in [0.3, 0.4) is 0 Å². The van der Waals surface area contributed by atoms with Crippen molar-refractivity contribution < 1.29 is 4.79 Å². The number of pyridine rings is 1. The van der Waals surface area contributed by atoms with Crippen LogP contribution in [0.15, 0.2) is 36.5 Å². The molecule has 1 amide bonds. The summed E-state index contributed by atoms with van der Waals surface area (Å²) in [6.45, 7) is 4.00. The lowest BCUT2D eigenvalue weighted by molar-refractivity contribution is 0.102. The Balaban J connectivity index is 1.64. The molecule has 0 saturated heterocycles. The lowest BCUT2D eigenvalue weighted by atomic mass is 9.95. The van der Waals surface area contributed by atoms with Crippen LogP contribution in [0.5, 0.6) is 0 Å². The molecule has 1 heterocycles. The van der Waals surface area contributed by atoms with Crippen molar-refractivity contribution >= 4 is 17.3 Å². The van der Waals surface area contributed by atoms with Gasteiger partial charge in [0.05, 0.1) is 11.9 Å². The number of aromatic nitrogens is 1. The fourth-order valence-electron chi connectivity index (χ4n) is 3.15. The minimum absolute atomic E-state index is 0.173. The third-order valence-corrected chi connectivity index (χ3v) is 4.61. The Morgan fingerprint density at radius 3 is 2.58 bits per heavy atom. The van der Waals surface area contributed by atoms with E-state index in [1.807, 2.05) is 38.1 Å². The zero-order chi connectivity index (χ0) is 16.9. The van der Waals surface area contributed by atoms with Gasteiger partial charge in [0.1, 0.15) is 5.69 Å². The molecular weight excluding hydrogens is 298 g/mol. The van der Waals surface area contributed by atoms with Gasteiger partial charge in [0.15, 0.2) is 0 Å².